The van der Waals surface area contributed by atoms with Gasteiger partial charge in [0.2, 0.25) is 0 Å². The monoisotopic (exact) mass is 227 g/mol. The van der Waals surface area contributed by atoms with Gasteiger partial charge in [-0.25, -0.2) is 0 Å². The Balaban J connectivity index is 1.87. The molecule has 1 N–H and O–H groups in total. The zero-order chi connectivity index (χ0) is 11.5. The number of carboxylic acids is 1. The van der Waals surface area contributed by atoms with E-state index in [1.807, 2.05) is 6.92 Å². The van der Waals surface area contributed by atoms with Crippen molar-refractivity contribution in [3.05, 3.63) is 0 Å². The Hall–Kier alpha value is -0.610. The van der Waals surface area contributed by atoms with E-state index in [1.165, 1.54) is 0 Å². The fourth-order valence-corrected chi connectivity index (χ4v) is 2.85. The summed E-state index contributed by atoms with van der Waals surface area (Å²) in [4.78, 5) is 13.3. The van der Waals surface area contributed by atoms with Crippen LogP contribution in [0.1, 0.15) is 32.6 Å². The Kier molecular flexibility index (Phi) is 3.82. The Bertz CT molecular complexity index is 255. The largest absolute Gasteiger partial charge is 0.481 e. The second-order valence-electron chi connectivity index (χ2n) is 4.80. The minimum atomic E-state index is -0.630. The van der Waals surface area contributed by atoms with Gasteiger partial charge < -0.3 is 9.84 Å². The van der Waals surface area contributed by atoms with Crippen LogP contribution in [-0.2, 0) is 9.53 Å². The smallest absolute Gasteiger partial charge is 0.308 e. The van der Waals surface area contributed by atoms with Crippen molar-refractivity contribution in [2.75, 3.05) is 19.7 Å². The van der Waals surface area contributed by atoms with Crippen molar-refractivity contribution in [2.24, 2.45) is 5.92 Å². The van der Waals surface area contributed by atoms with Crippen molar-refractivity contribution in [1.82, 2.24) is 4.90 Å². The number of carboxylic acid groups (broad SMARTS) is 1. The van der Waals surface area contributed by atoms with Crippen molar-refractivity contribution in [1.29, 1.82) is 0 Å². The predicted molar refractivity (Wildman–Crippen MR) is 60.4 cm³/mol. The molecule has 1 saturated carbocycles. The Labute approximate surface area is 96.6 Å². The van der Waals surface area contributed by atoms with Gasteiger partial charge in [-0.3, -0.25) is 9.69 Å². The molecule has 1 saturated heterocycles. The number of hydrogen-bond acceptors (Lipinski definition) is 3. The molecule has 2 rings (SSSR count). The SMILES string of the molecule is CCOC1CCCN(C2CCC2C(=O)O)C1. The summed E-state index contributed by atoms with van der Waals surface area (Å²) in [5.74, 6) is -0.768. The molecule has 3 unspecified atom stereocenters. The molecule has 0 amide bonds. The highest BCUT2D eigenvalue weighted by Gasteiger charge is 2.41. The summed E-state index contributed by atoms with van der Waals surface area (Å²) in [6.45, 7) is 4.73. The van der Waals surface area contributed by atoms with Crippen LogP contribution >= 0.6 is 0 Å². The first-order chi connectivity index (χ1) is 7.72. The minimum absolute atomic E-state index is 0.139. The normalized spacial score (nSPS) is 35.7. The maximum Gasteiger partial charge on any atom is 0.308 e. The molecule has 92 valence electrons. The average Bonchev–Trinajstić information content (AvgIpc) is 2.16. The van der Waals surface area contributed by atoms with Crippen LogP contribution in [0.5, 0.6) is 0 Å². The lowest BCUT2D eigenvalue weighted by molar-refractivity contribution is -0.150. The molecule has 0 aromatic rings. The number of nitrogens with zero attached hydrogens (tertiary/aromatic N) is 1. The van der Waals surface area contributed by atoms with Crippen LogP contribution in [0, 0.1) is 5.92 Å². The molecule has 0 radical (unpaired) electrons. The summed E-state index contributed by atoms with van der Waals surface area (Å²) in [6, 6.07) is 0.265. The van der Waals surface area contributed by atoms with Crippen molar-refractivity contribution >= 4 is 5.97 Å². The summed E-state index contributed by atoms with van der Waals surface area (Å²) < 4.78 is 5.64. The number of hydrogen-bond donors (Lipinski definition) is 1. The van der Waals surface area contributed by atoms with E-state index >= 15 is 0 Å². The molecular formula is C12H21NO3. The Morgan fingerprint density at radius 2 is 2.25 bits per heavy atom. The summed E-state index contributed by atoms with van der Waals surface area (Å²) >= 11 is 0. The van der Waals surface area contributed by atoms with Crippen molar-refractivity contribution < 1.29 is 14.6 Å². The van der Waals surface area contributed by atoms with E-state index in [9.17, 15) is 4.79 Å². The highest BCUT2D eigenvalue weighted by atomic mass is 16.5. The van der Waals surface area contributed by atoms with E-state index in [0.29, 0.717) is 6.10 Å². The number of ether oxygens (including phenoxy) is 1. The lowest BCUT2D eigenvalue weighted by Crippen LogP contribution is -2.54. The van der Waals surface area contributed by atoms with E-state index in [4.69, 9.17) is 9.84 Å². The predicted octanol–water partition coefficient (Wildman–Crippen LogP) is 1.35. The van der Waals surface area contributed by atoms with Gasteiger partial charge in [-0.15, -0.1) is 0 Å². The van der Waals surface area contributed by atoms with Gasteiger partial charge in [0, 0.05) is 19.2 Å². The second-order valence-corrected chi connectivity index (χ2v) is 4.80. The number of rotatable bonds is 4. The molecular weight excluding hydrogens is 206 g/mol. The first kappa shape index (κ1) is 11.9. The lowest BCUT2D eigenvalue weighted by atomic mass is 9.78. The molecule has 2 fully saturated rings. The quantitative estimate of drug-likeness (QED) is 0.787. The van der Waals surface area contributed by atoms with Crippen molar-refractivity contribution in [2.45, 2.75) is 44.8 Å². The van der Waals surface area contributed by atoms with E-state index < -0.39 is 5.97 Å². The Morgan fingerprint density at radius 3 is 2.81 bits per heavy atom. The maximum absolute atomic E-state index is 11.0. The molecule has 1 heterocycles. The van der Waals surface area contributed by atoms with Crippen LogP contribution in [0.25, 0.3) is 0 Å². The van der Waals surface area contributed by atoms with Crippen molar-refractivity contribution in [3.63, 3.8) is 0 Å². The molecule has 0 spiro atoms. The third-order valence-electron chi connectivity index (χ3n) is 3.84. The van der Waals surface area contributed by atoms with Gasteiger partial charge in [-0.05, 0) is 39.2 Å². The summed E-state index contributed by atoms with van der Waals surface area (Å²) in [6.07, 6.45) is 4.45. The molecule has 16 heavy (non-hydrogen) atoms. The fraction of sp³-hybridized carbons (Fsp3) is 0.917. The van der Waals surface area contributed by atoms with E-state index in [0.717, 1.165) is 45.4 Å². The molecule has 4 heteroatoms. The number of likely N-dealkylation sites (tertiary alicyclic amines) is 1. The molecule has 0 aromatic carbocycles. The van der Waals surface area contributed by atoms with Gasteiger partial charge in [0.25, 0.3) is 0 Å². The van der Waals surface area contributed by atoms with Crippen LogP contribution in [0.15, 0.2) is 0 Å². The molecule has 1 aliphatic heterocycles. The highest BCUT2D eigenvalue weighted by Crippen LogP contribution is 2.34. The number of carbonyl (C=O) groups is 1. The zero-order valence-electron chi connectivity index (χ0n) is 9.89. The molecule has 4 nitrogen and oxygen atoms in total. The molecule has 2 aliphatic rings. The van der Waals surface area contributed by atoms with Crippen LogP contribution in [0.2, 0.25) is 0 Å². The minimum Gasteiger partial charge on any atom is -0.481 e. The fourth-order valence-electron chi connectivity index (χ4n) is 2.85. The number of aliphatic carboxylic acids is 1. The molecule has 3 atom stereocenters. The second kappa shape index (κ2) is 5.15. The number of piperidine rings is 1. The lowest BCUT2D eigenvalue weighted by Gasteiger charge is -2.45. The van der Waals surface area contributed by atoms with Gasteiger partial charge in [-0.2, -0.15) is 0 Å². The summed E-state index contributed by atoms with van der Waals surface area (Å²) in [5.41, 5.74) is 0. The molecule has 0 aromatic heterocycles. The van der Waals surface area contributed by atoms with E-state index in [-0.39, 0.29) is 12.0 Å². The van der Waals surface area contributed by atoms with Gasteiger partial charge in [-0.1, -0.05) is 0 Å². The van der Waals surface area contributed by atoms with E-state index in [2.05, 4.69) is 4.90 Å². The standard InChI is InChI=1S/C12H21NO3/c1-2-16-9-4-3-7-13(8-9)11-6-5-10(11)12(14)15/h9-11H,2-8H2,1H3,(H,14,15). The van der Waals surface area contributed by atoms with Crippen LogP contribution < -0.4 is 0 Å². The topological polar surface area (TPSA) is 49.8 Å². The maximum atomic E-state index is 11.0. The zero-order valence-corrected chi connectivity index (χ0v) is 9.89. The van der Waals surface area contributed by atoms with Gasteiger partial charge in [0.1, 0.15) is 0 Å². The Morgan fingerprint density at radius 1 is 1.44 bits per heavy atom. The van der Waals surface area contributed by atoms with Gasteiger partial charge in [0.15, 0.2) is 0 Å². The van der Waals surface area contributed by atoms with Crippen molar-refractivity contribution in [3.8, 4) is 0 Å². The first-order valence-corrected chi connectivity index (χ1v) is 6.30. The van der Waals surface area contributed by atoms with Crippen LogP contribution in [0.4, 0.5) is 0 Å². The van der Waals surface area contributed by atoms with Gasteiger partial charge in [0.05, 0.1) is 12.0 Å². The summed E-state index contributed by atoms with van der Waals surface area (Å²) in [7, 11) is 0. The van der Waals surface area contributed by atoms with Gasteiger partial charge >= 0.3 is 5.97 Å². The first-order valence-electron chi connectivity index (χ1n) is 6.30. The third kappa shape index (κ3) is 2.38. The van der Waals surface area contributed by atoms with E-state index in [1.54, 1.807) is 0 Å². The summed E-state index contributed by atoms with van der Waals surface area (Å²) in [5, 5.41) is 9.05. The third-order valence-corrected chi connectivity index (χ3v) is 3.84. The molecule has 0 bridgehead atoms. The highest BCUT2D eigenvalue weighted by molar-refractivity contribution is 5.72. The van der Waals surface area contributed by atoms with Crippen LogP contribution in [-0.4, -0.2) is 47.8 Å². The van der Waals surface area contributed by atoms with Crippen LogP contribution in [0.3, 0.4) is 0 Å². The molecule has 1 aliphatic carbocycles. The average molecular weight is 227 g/mol.